The van der Waals surface area contributed by atoms with Crippen LogP contribution in [-0.2, 0) is 33.2 Å². The van der Waals surface area contributed by atoms with Crippen molar-refractivity contribution in [2.45, 2.75) is 30.7 Å². The van der Waals surface area contributed by atoms with Gasteiger partial charge in [-0.05, 0) is 11.6 Å². The molecule has 1 aliphatic heterocycles. The summed E-state index contributed by atoms with van der Waals surface area (Å²) in [5.41, 5.74) is 1.98. The number of aliphatic hydroxyl groups excluding tert-OH is 1. The molecule has 0 bridgehead atoms. The van der Waals surface area contributed by atoms with E-state index in [1.54, 1.807) is 12.1 Å². The Kier molecular flexibility index (Phi) is 11.5. The Morgan fingerprint density at radius 2 is 1.48 bits per heavy atom. The fraction of sp³-hybridized carbons (Fsp3) is 0.321. The first-order chi connectivity index (χ1) is 19.4. The van der Waals surface area contributed by atoms with Crippen LogP contribution in [0.15, 0.2) is 79.9 Å². The van der Waals surface area contributed by atoms with Gasteiger partial charge in [0.25, 0.3) is 0 Å². The van der Waals surface area contributed by atoms with Crippen LogP contribution in [0.1, 0.15) is 0 Å². The van der Waals surface area contributed by atoms with Gasteiger partial charge in [0, 0.05) is 12.7 Å². The van der Waals surface area contributed by atoms with Gasteiger partial charge in [0.2, 0.25) is 0 Å². The van der Waals surface area contributed by atoms with Crippen molar-refractivity contribution in [3.63, 3.8) is 0 Å². The number of hydrogen-bond donors (Lipinski definition) is 2. The molecule has 0 unspecified atom stereocenters. The molecule has 2 aromatic carbocycles. The summed E-state index contributed by atoms with van der Waals surface area (Å²) >= 11 is 0. The maximum Gasteiger partial charge on any atom is 0.509 e. The van der Waals surface area contributed by atoms with Crippen LogP contribution in [0.3, 0.4) is 0 Å². The molecule has 1 saturated heterocycles. The number of nitrogens with one attached hydrogen (secondary N) is 1. The molecule has 2 N–H and O–H groups in total. The van der Waals surface area contributed by atoms with E-state index < -0.39 is 55.7 Å². The van der Waals surface area contributed by atoms with Crippen molar-refractivity contribution in [1.29, 1.82) is 0 Å². The summed E-state index contributed by atoms with van der Waals surface area (Å²) in [6.07, 6.45) is -7.78. The average molecular weight is 558 g/mol. The smallest absolute Gasteiger partial charge is 0.439 e. The normalized spacial score (nSPS) is 21.8. The molecule has 0 saturated carbocycles. The summed E-state index contributed by atoms with van der Waals surface area (Å²) in [4.78, 5) is 37.8. The first-order valence-corrected chi connectivity index (χ1v) is 12.2. The van der Waals surface area contributed by atoms with Gasteiger partial charge in [-0.15, -0.1) is 0 Å². The molecule has 0 aliphatic carbocycles. The number of ether oxygens (including phenoxy) is 7. The quantitative estimate of drug-likeness (QED) is 0.234. The van der Waals surface area contributed by atoms with Gasteiger partial charge in [0.1, 0.15) is 19.3 Å². The number of methoxy groups -OCH3 is 1. The third-order valence-corrected chi connectivity index (χ3v) is 5.60. The maximum atomic E-state index is 13.1. The van der Waals surface area contributed by atoms with Gasteiger partial charge in [-0.2, -0.15) is 0 Å². The summed E-state index contributed by atoms with van der Waals surface area (Å²) in [7, 11) is 1.24. The lowest BCUT2D eigenvalue weighted by Crippen LogP contribution is -2.63. The SMILES string of the molecule is C=CCOC(=O)O[C@@H]1[C@@H](OC(=O)OCC=C)[C@@H](OC)O[C@H](CO)[C@H]1OC(=O)Nc1ccccc1-c1ccccc1. The largest absolute Gasteiger partial charge is 0.509 e. The molecule has 12 heteroatoms. The molecule has 0 radical (unpaired) electrons. The molecular formula is C28H31NO11. The zero-order chi connectivity index (χ0) is 28.9. The third kappa shape index (κ3) is 8.06. The molecule has 0 spiro atoms. The topological polar surface area (TPSA) is 148 Å². The monoisotopic (exact) mass is 557 g/mol. The van der Waals surface area contributed by atoms with E-state index in [1.165, 1.54) is 19.3 Å². The zero-order valence-corrected chi connectivity index (χ0v) is 21.8. The number of hydrogen-bond acceptors (Lipinski definition) is 11. The zero-order valence-electron chi connectivity index (χ0n) is 21.8. The highest BCUT2D eigenvalue weighted by atomic mass is 16.8. The molecule has 5 atom stereocenters. The van der Waals surface area contributed by atoms with Gasteiger partial charge in [-0.3, -0.25) is 5.32 Å². The standard InChI is InChI=1S/C28H31NO11/c1-4-15-35-27(32)39-23-22(21(17-30)37-25(34-3)24(23)40-28(33)36-16-5-2)38-26(31)29-20-14-10-9-13-19(20)18-11-7-6-8-12-18/h4-14,21-25,30H,1-2,15-17H2,3H3,(H,29,31)/t21-,22-,23+,24-,25+/m1/s1. The first kappa shape index (κ1) is 30.2. The lowest BCUT2D eigenvalue weighted by atomic mass is 9.98. The summed E-state index contributed by atoms with van der Waals surface area (Å²) in [5, 5.41) is 12.7. The minimum atomic E-state index is -1.54. The Bertz CT molecular complexity index is 1160. The molecule has 0 aromatic heterocycles. The number of amides is 1. The van der Waals surface area contributed by atoms with Crippen molar-refractivity contribution >= 4 is 24.1 Å². The minimum Gasteiger partial charge on any atom is -0.439 e. The lowest BCUT2D eigenvalue weighted by Gasteiger charge is -2.43. The Balaban J connectivity index is 1.88. The van der Waals surface area contributed by atoms with Gasteiger partial charge in [0.15, 0.2) is 24.6 Å². The van der Waals surface area contributed by atoms with E-state index in [9.17, 15) is 19.5 Å². The van der Waals surface area contributed by atoms with Crippen LogP contribution in [0.2, 0.25) is 0 Å². The van der Waals surface area contributed by atoms with E-state index in [4.69, 9.17) is 33.2 Å². The summed E-state index contributed by atoms with van der Waals surface area (Å²) in [6.45, 7) is 5.88. The van der Waals surface area contributed by atoms with E-state index in [-0.39, 0.29) is 13.2 Å². The Morgan fingerprint density at radius 1 is 0.875 bits per heavy atom. The number of aliphatic hydroxyl groups is 1. The molecule has 214 valence electrons. The number of rotatable bonds is 11. The van der Waals surface area contributed by atoms with E-state index in [0.29, 0.717) is 11.3 Å². The van der Waals surface area contributed by atoms with Crippen LogP contribution in [0, 0.1) is 0 Å². The van der Waals surface area contributed by atoms with Gasteiger partial charge in [0.05, 0.1) is 12.3 Å². The van der Waals surface area contributed by atoms with Crippen LogP contribution < -0.4 is 5.32 Å². The number of benzene rings is 2. The van der Waals surface area contributed by atoms with Gasteiger partial charge >= 0.3 is 18.4 Å². The number of para-hydroxylation sites is 1. The van der Waals surface area contributed by atoms with E-state index >= 15 is 0 Å². The highest BCUT2D eigenvalue weighted by Crippen LogP contribution is 2.31. The molecule has 2 aromatic rings. The van der Waals surface area contributed by atoms with Crippen LogP contribution >= 0.6 is 0 Å². The minimum absolute atomic E-state index is 0.167. The lowest BCUT2D eigenvalue weighted by molar-refractivity contribution is -0.295. The fourth-order valence-corrected chi connectivity index (χ4v) is 3.89. The predicted octanol–water partition coefficient (Wildman–Crippen LogP) is 4.05. The van der Waals surface area contributed by atoms with Crippen LogP contribution in [0.4, 0.5) is 20.1 Å². The Morgan fingerprint density at radius 3 is 2.08 bits per heavy atom. The second-order valence-corrected chi connectivity index (χ2v) is 8.23. The molecule has 40 heavy (non-hydrogen) atoms. The average Bonchev–Trinajstić information content (AvgIpc) is 2.97. The van der Waals surface area contributed by atoms with Crippen LogP contribution in [0.25, 0.3) is 11.1 Å². The number of anilines is 1. The van der Waals surface area contributed by atoms with Crippen molar-refractivity contribution < 1.29 is 52.6 Å². The van der Waals surface area contributed by atoms with Crippen molar-refractivity contribution in [3.05, 3.63) is 79.9 Å². The molecular weight excluding hydrogens is 526 g/mol. The van der Waals surface area contributed by atoms with Crippen LogP contribution in [-0.4, -0.2) is 81.1 Å². The molecule has 1 amide bonds. The van der Waals surface area contributed by atoms with Crippen molar-refractivity contribution in [3.8, 4) is 11.1 Å². The van der Waals surface area contributed by atoms with Gasteiger partial charge in [-0.1, -0.05) is 73.8 Å². The van der Waals surface area contributed by atoms with E-state index in [1.807, 2.05) is 42.5 Å². The molecule has 1 fully saturated rings. The van der Waals surface area contributed by atoms with E-state index in [2.05, 4.69) is 18.5 Å². The second kappa shape index (κ2) is 15.3. The van der Waals surface area contributed by atoms with Gasteiger partial charge in [-0.25, -0.2) is 14.4 Å². The molecule has 12 nitrogen and oxygen atoms in total. The highest BCUT2D eigenvalue weighted by Gasteiger charge is 2.53. The number of carbonyl (C=O) groups is 3. The van der Waals surface area contributed by atoms with Crippen molar-refractivity contribution in [2.24, 2.45) is 0 Å². The maximum absolute atomic E-state index is 13.1. The fourth-order valence-electron chi connectivity index (χ4n) is 3.89. The van der Waals surface area contributed by atoms with Crippen molar-refractivity contribution in [1.82, 2.24) is 0 Å². The molecule has 1 aliphatic rings. The first-order valence-electron chi connectivity index (χ1n) is 12.2. The van der Waals surface area contributed by atoms with Gasteiger partial charge < -0.3 is 38.3 Å². The summed E-state index contributed by atoms with van der Waals surface area (Å²) in [6, 6.07) is 16.4. The van der Waals surface area contributed by atoms with E-state index in [0.717, 1.165) is 5.56 Å². The second-order valence-electron chi connectivity index (χ2n) is 8.23. The predicted molar refractivity (Wildman–Crippen MR) is 141 cm³/mol. The Hall–Kier alpha value is -4.39. The highest BCUT2D eigenvalue weighted by molar-refractivity contribution is 5.91. The summed E-state index contributed by atoms with van der Waals surface area (Å²) in [5.74, 6) is 0. The number of carbonyl (C=O) groups excluding carboxylic acids is 3. The molecule has 1 heterocycles. The third-order valence-electron chi connectivity index (χ3n) is 5.60. The Labute approximate surface area is 231 Å². The van der Waals surface area contributed by atoms with Crippen LogP contribution in [0.5, 0.6) is 0 Å². The summed E-state index contributed by atoms with van der Waals surface area (Å²) < 4.78 is 37.0. The molecule has 3 rings (SSSR count). The van der Waals surface area contributed by atoms with Crippen molar-refractivity contribution in [2.75, 3.05) is 32.2 Å².